The average molecular weight is 336 g/mol. The Morgan fingerprint density at radius 2 is 2.20 bits per heavy atom. The minimum atomic E-state index is -0.169. The highest BCUT2D eigenvalue weighted by atomic mass is 79.9. The van der Waals surface area contributed by atoms with Crippen LogP contribution >= 0.6 is 15.9 Å². The molecule has 1 unspecified atom stereocenters. The number of halogens is 1. The molecule has 3 rings (SSSR count). The number of aromatic nitrogens is 2. The van der Waals surface area contributed by atoms with E-state index in [9.17, 15) is 0 Å². The predicted molar refractivity (Wildman–Crippen MR) is 80.5 cm³/mol. The first-order valence-electron chi connectivity index (χ1n) is 6.99. The van der Waals surface area contributed by atoms with E-state index in [2.05, 4.69) is 44.4 Å². The zero-order valence-corrected chi connectivity index (χ0v) is 13.1. The average Bonchev–Trinajstić information content (AvgIpc) is 2.92. The van der Waals surface area contributed by atoms with Crippen molar-refractivity contribution in [3.05, 3.63) is 46.0 Å². The number of nitrogens with zero attached hydrogens (tertiary/aromatic N) is 2. The standard InChI is InChI=1S/C15H18BrN3O/c1-15(8-4-5-9-17-15)14-18-13(19-20-14)10-11-6-2-3-7-12(11)16/h2-3,6-7,17H,4-5,8-10H2,1H3. The van der Waals surface area contributed by atoms with E-state index in [1.807, 2.05) is 18.2 Å². The van der Waals surface area contributed by atoms with Crippen molar-refractivity contribution in [2.24, 2.45) is 0 Å². The summed E-state index contributed by atoms with van der Waals surface area (Å²) in [6.07, 6.45) is 4.14. The van der Waals surface area contributed by atoms with Crippen molar-refractivity contribution in [3.63, 3.8) is 0 Å². The van der Waals surface area contributed by atoms with E-state index in [1.165, 1.54) is 18.4 Å². The molecular formula is C15H18BrN3O. The van der Waals surface area contributed by atoms with Crippen molar-refractivity contribution in [1.82, 2.24) is 15.5 Å². The fraction of sp³-hybridized carbons (Fsp3) is 0.467. The fourth-order valence-electron chi connectivity index (χ4n) is 2.60. The third-order valence-electron chi connectivity index (χ3n) is 3.87. The van der Waals surface area contributed by atoms with Crippen LogP contribution in [0.5, 0.6) is 0 Å². The van der Waals surface area contributed by atoms with Crippen LogP contribution in [0.1, 0.15) is 43.5 Å². The molecule has 1 aliphatic rings. The second-order valence-electron chi connectivity index (χ2n) is 5.50. The van der Waals surface area contributed by atoms with Crippen LogP contribution in [0.4, 0.5) is 0 Å². The molecule has 20 heavy (non-hydrogen) atoms. The zero-order valence-electron chi connectivity index (χ0n) is 11.5. The highest BCUT2D eigenvalue weighted by Crippen LogP contribution is 2.29. The van der Waals surface area contributed by atoms with Crippen molar-refractivity contribution in [1.29, 1.82) is 0 Å². The van der Waals surface area contributed by atoms with Crippen molar-refractivity contribution < 1.29 is 4.52 Å². The lowest BCUT2D eigenvalue weighted by Gasteiger charge is -2.31. The molecule has 1 aromatic carbocycles. The first kappa shape index (κ1) is 13.8. The number of hydrogen-bond donors (Lipinski definition) is 1. The second-order valence-corrected chi connectivity index (χ2v) is 6.35. The van der Waals surface area contributed by atoms with Gasteiger partial charge in [0.25, 0.3) is 0 Å². The van der Waals surface area contributed by atoms with Crippen LogP contribution < -0.4 is 5.32 Å². The van der Waals surface area contributed by atoms with Crippen molar-refractivity contribution >= 4 is 15.9 Å². The van der Waals surface area contributed by atoms with Gasteiger partial charge >= 0.3 is 0 Å². The summed E-state index contributed by atoms with van der Waals surface area (Å²) in [5, 5.41) is 7.62. The Balaban J connectivity index is 1.78. The molecule has 2 aromatic rings. The lowest BCUT2D eigenvalue weighted by atomic mass is 9.91. The Bertz CT molecular complexity index is 590. The number of benzene rings is 1. The highest BCUT2D eigenvalue weighted by Gasteiger charge is 2.34. The van der Waals surface area contributed by atoms with Gasteiger partial charge in [-0.2, -0.15) is 4.98 Å². The maximum atomic E-state index is 5.48. The van der Waals surface area contributed by atoms with Gasteiger partial charge in [-0.25, -0.2) is 0 Å². The van der Waals surface area contributed by atoms with Crippen molar-refractivity contribution in [3.8, 4) is 0 Å². The lowest BCUT2D eigenvalue weighted by Crippen LogP contribution is -2.43. The molecule has 0 bridgehead atoms. The zero-order chi connectivity index (χ0) is 14.0. The van der Waals surface area contributed by atoms with Crippen LogP contribution in [0, 0.1) is 0 Å². The minimum Gasteiger partial charge on any atom is -0.337 e. The molecule has 0 radical (unpaired) electrons. The maximum absolute atomic E-state index is 5.48. The molecule has 1 aliphatic heterocycles. The third kappa shape index (κ3) is 2.79. The summed E-state index contributed by atoms with van der Waals surface area (Å²) in [7, 11) is 0. The van der Waals surface area contributed by atoms with E-state index < -0.39 is 0 Å². The molecule has 1 aromatic heterocycles. The molecule has 1 atom stereocenters. The summed E-state index contributed by atoms with van der Waals surface area (Å²) < 4.78 is 6.56. The first-order valence-corrected chi connectivity index (χ1v) is 7.78. The van der Waals surface area contributed by atoms with Crippen LogP contribution in [-0.4, -0.2) is 16.7 Å². The summed E-state index contributed by atoms with van der Waals surface area (Å²) in [5.41, 5.74) is 0.999. The number of piperidine rings is 1. The summed E-state index contributed by atoms with van der Waals surface area (Å²) in [6.45, 7) is 3.15. The predicted octanol–water partition coefficient (Wildman–Crippen LogP) is 3.41. The van der Waals surface area contributed by atoms with Gasteiger partial charge in [0.15, 0.2) is 5.82 Å². The minimum absolute atomic E-state index is 0.169. The van der Waals surface area contributed by atoms with Gasteiger partial charge in [0.05, 0.1) is 5.54 Å². The largest absolute Gasteiger partial charge is 0.337 e. The lowest BCUT2D eigenvalue weighted by molar-refractivity contribution is 0.206. The summed E-state index contributed by atoms with van der Waals surface area (Å²) in [4.78, 5) is 4.58. The second kappa shape index (κ2) is 5.66. The quantitative estimate of drug-likeness (QED) is 0.933. The van der Waals surface area contributed by atoms with Crippen LogP contribution in [0.15, 0.2) is 33.3 Å². The van der Waals surface area contributed by atoms with Crippen LogP contribution in [0.25, 0.3) is 0 Å². The molecule has 1 fully saturated rings. The highest BCUT2D eigenvalue weighted by molar-refractivity contribution is 9.10. The maximum Gasteiger partial charge on any atom is 0.246 e. The van der Waals surface area contributed by atoms with E-state index in [1.54, 1.807) is 0 Å². The van der Waals surface area contributed by atoms with Gasteiger partial charge in [0.1, 0.15) is 0 Å². The van der Waals surface area contributed by atoms with Crippen LogP contribution in [-0.2, 0) is 12.0 Å². The van der Waals surface area contributed by atoms with Gasteiger partial charge in [0, 0.05) is 10.9 Å². The van der Waals surface area contributed by atoms with Crippen LogP contribution in [0.2, 0.25) is 0 Å². The molecule has 1 saturated heterocycles. The Labute approximate surface area is 127 Å². The van der Waals surface area contributed by atoms with Gasteiger partial charge in [-0.05, 0) is 44.4 Å². The third-order valence-corrected chi connectivity index (χ3v) is 4.64. The molecule has 0 amide bonds. The van der Waals surface area contributed by atoms with Gasteiger partial charge in [-0.15, -0.1) is 0 Å². The van der Waals surface area contributed by atoms with E-state index in [4.69, 9.17) is 4.52 Å². The Morgan fingerprint density at radius 3 is 2.95 bits per heavy atom. The molecule has 1 N–H and O–H groups in total. The number of hydrogen-bond acceptors (Lipinski definition) is 4. The molecule has 4 nitrogen and oxygen atoms in total. The first-order chi connectivity index (χ1) is 9.67. The molecule has 0 spiro atoms. The number of rotatable bonds is 3. The van der Waals surface area contributed by atoms with Gasteiger partial charge in [-0.3, -0.25) is 0 Å². The molecule has 2 heterocycles. The normalized spacial score (nSPS) is 22.9. The van der Waals surface area contributed by atoms with Gasteiger partial charge in [0.2, 0.25) is 5.89 Å². The summed E-state index contributed by atoms with van der Waals surface area (Å²) in [6, 6.07) is 8.12. The Hall–Kier alpha value is -1.20. The summed E-state index contributed by atoms with van der Waals surface area (Å²) in [5.74, 6) is 1.44. The summed E-state index contributed by atoms with van der Waals surface area (Å²) >= 11 is 3.55. The van der Waals surface area contributed by atoms with Crippen molar-refractivity contribution in [2.45, 2.75) is 38.1 Å². The fourth-order valence-corrected chi connectivity index (χ4v) is 3.03. The van der Waals surface area contributed by atoms with E-state index in [0.29, 0.717) is 12.3 Å². The Kier molecular flexibility index (Phi) is 3.89. The topological polar surface area (TPSA) is 51.0 Å². The van der Waals surface area contributed by atoms with Gasteiger partial charge in [-0.1, -0.05) is 39.3 Å². The molecule has 5 heteroatoms. The SMILES string of the molecule is CC1(c2nc(Cc3ccccc3Br)no2)CCCCN1. The van der Waals surface area contributed by atoms with E-state index >= 15 is 0 Å². The van der Waals surface area contributed by atoms with Crippen LogP contribution in [0.3, 0.4) is 0 Å². The molecule has 106 valence electrons. The molecule has 0 saturated carbocycles. The van der Waals surface area contributed by atoms with E-state index in [-0.39, 0.29) is 5.54 Å². The molecular weight excluding hydrogens is 318 g/mol. The monoisotopic (exact) mass is 335 g/mol. The molecule has 0 aliphatic carbocycles. The number of nitrogens with one attached hydrogen (secondary N) is 1. The van der Waals surface area contributed by atoms with Gasteiger partial charge < -0.3 is 9.84 Å². The van der Waals surface area contributed by atoms with Crippen molar-refractivity contribution in [2.75, 3.05) is 6.54 Å². The van der Waals surface area contributed by atoms with E-state index in [0.717, 1.165) is 23.3 Å². The Morgan fingerprint density at radius 1 is 1.35 bits per heavy atom. The smallest absolute Gasteiger partial charge is 0.246 e.